The molecule has 0 saturated carbocycles. The zero-order valence-corrected chi connectivity index (χ0v) is 16.4. The first-order valence-electron chi connectivity index (χ1n) is 10.2. The number of carbonyl (C=O) groups excluding carboxylic acids is 1. The zero-order valence-electron chi connectivity index (χ0n) is 16.4. The van der Waals surface area contributed by atoms with Gasteiger partial charge in [0.05, 0.1) is 11.4 Å². The highest BCUT2D eigenvalue weighted by molar-refractivity contribution is 5.86. The number of pyridine rings is 2. The van der Waals surface area contributed by atoms with E-state index in [1.165, 1.54) is 5.56 Å². The van der Waals surface area contributed by atoms with Crippen molar-refractivity contribution in [2.75, 3.05) is 19.6 Å². The summed E-state index contributed by atoms with van der Waals surface area (Å²) >= 11 is 0. The van der Waals surface area contributed by atoms with E-state index in [4.69, 9.17) is 0 Å². The Balaban J connectivity index is 1.38. The molecule has 1 unspecified atom stereocenters. The number of rotatable bonds is 7. The van der Waals surface area contributed by atoms with Crippen LogP contribution in [0.3, 0.4) is 0 Å². The molecule has 29 heavy (non-hydrogen) atoms. The van der Waals surface area contributed by atoms with Crippen molar-refractivity contribution in [1.29, 1.82) is 0 Å². The van der Waals surface area contributed by atoms with Gasteiger partial charge in [0.15, 0.2) is 0 Å². The summed E-state index contributed by atoms with van der Waals surface area (Å²) in [5.74, 6) is -0.520. The number of nitrogens with zero attached hydrogens (tertiary/aromatic N) is 3. The molecule has 0 bridgehead atoms. The monoisotopic (exact) mass is 386 g/mol. The van der Waals surface area contributed by atoms with Crippen LogP contribution in [0.15, 0.2) is 79.1 Å². The summed E-state index contributed by atoms with van der Waals surface area (Å²) in [5.41, 5.74) is 2.80. The Morgan fingerprint density at radius 3 is 2.24 bits per heavy atom. The van der Waals surface area contributed by atoms with Gasteiger partial charge in [0.1, 0.15) is 5.92 Å². The number of benzene rings is 1. The molecule has 0 spiro atoms. The van der Waals surface area contributed by atoms with Crippen molar-refractivity contribution in [1.82, 2.24) is 20.2 Å². The van der Waals surface area contributed by atoms with E-state index in [1.807, 2.05) is 42.5 Å². The predicted molar refractivity (Wildman–Crippen MR) is 113 cm³/mol. The second kappa shape index (κ2) is 9.43. The topological polar surface area (TPSA) is 58.1 Å². The van der Waals surface area contributed by atoms with Gasteiger partial charge in [0.2, 0.25) is 5.91 Å². The lowest BCUT2D eigenvalue weighted by atomic mass is 9.98. The van der Waals surface area contributed by atoms with Crippen LogP contribution in [0.1, 0.15) is 29.3 Å². The van der Waals surface area contributed by atoms with E-state index < -0.39 is 5.92 Å². The Morgan fingerprint density at radius 1 is 0.966 bits per heavy atom. The molecule has 1 N–H and O–H groups in total. The maximum atomic E-state index is 13.2. The lowest BCUT2D eigenvalue weighted by molar-refractivity contribution is -0.122. The average molecular weight is 386 g/mol. The normalized spacial score (nSPS) is 16.8. The molecular formula is C24H26N4O. The number of amides is 1. The summed E-state index contributed by atoms with van der Waals surface area (Å²) in [7, 11) is 0. The van der Waals surface area contributed by atoms with Gasteiger partial charge in [0, 0.05) is 38.1 Å². The number of carbonyl (C=O) groups is 1. The van der Waals surface area contributed by atoms with Crippen molar-refractivity contribution >= 4 is 5.91 Å². The molecule has 1 amide bonds. The van der Waals surface area contributed by atoms with E-state index in [0.717, 1.165) is 43.9 Å². The van der Waals surface area contributed by atoms with Gasteiger partial charge in [0.25, 0.3) is 0 Å². The van der Waals surface area contributed by atoms with Gasteiger partial charge >= 0.3 is 0 Å². The molecule has 1 aromatic carbocycles. The molecular weight excluding hydrogens is 360 g/mol. The third-order valence-electron chi connectivity index (χ3n) is 5.41. The van der Waals surface area contributed by atoms with Gasteiger partial charge < -0.3 is 10.2 Å². The van der Waals surface area contributed by atoms with E-state index in [0.29, 0.717) is 0 Å². The van der Waals surface area contributed by atoms with E-state index >= 15 is 0 Å². The van der Waals surface area contributed by atoms with Crippen molar-refractivity contribution < 1.29 is 4.79 Å². The Labute approximate surface area is 171 Å². The predicted octanol–water partition coefficient (Wildman–Crippen LogP) is 3.04. The standard InChI is InChI=1S/C24H26N4O/c29-24(23(21-10-4-6-14-25-21)22-11-5-7-15-26-22)27-20-13-17-28(18-20)16-12-19-8-2-1-3-9-19/h1-11,14-15,20,23H,12-13,16-18H2,(H,27,29). The lowest BCUT2D eigenvalue weighted by Gasteiger charge is -2.20. The quantitative estimate of drug-likeness (QED) is 0.678. The Morgan fingerprint density at radius 2 is 1.62 bits per heavy atom. The Hall–Kier alpha value is -3.05. The Bertz CT molecular complexity index is 862. The summed E-state index contributed by atoms with van der Waals surface area (Å²) in [6, 6.07) is 22.0. The first-order valence-corrected chi connectivity index (χ1v) is 10.2. The molecule has 1 aliphatic heterocycles. The summed E-state index contributed by atoms with van der Waals surface area (Å²) in [5, 5.41) is 3.24. The smallest absolute Gasteiger partial charge is 0.235 e. The number of nitrogens with one attached hydrogen (secondary N) is 1. The maximum Gasteiger partial charge on any atom is 0.235 e. The van der Waals surface area contributed by atoms with Crippen molar-refractivity contribution in [2.45, 2.75) is 24.8 Å². The van der Waals surface area contributed by atoms with E-state index in [-0.39, 0.29) is 11.9 Å². The molecule has 1 saturated heterocycles. The first-order chi connectivity index (χ1) is 14.3. The summed E-state index contributed by atoms with van der Waals surface area (Å²) in [6.45, 7) is 2.91. The van der Waals surface area contributed by atoms with Crippen LogP contribution in [0.2, 0.25) is 0 Å². The highest BCUT2D eigenvalue weighted by Crippen LogP contribution is 2.22. The average Bonchev–Trinajstić information content (AvgIpc) is 3.22. The third kappa shape index (κ3) is 5.06. The van der Waals surface area contributed by atoms with Crippen LogP contribution in [0.25, 0.3) is 0 Å². The third-order valence-corrected chi connectivity index (χ3v) is 5.41. The van der Waals surface area contributed by atoms with Crippen LogP contribution in [-0.4, -0.2) is 46.5 Å². The molecule has 5 heteroatoms. The molecule has 0 radical (unpaired) electrons. The van der Waals surface area contributed by atoms with Crippen LogP contribution in [0, 0.1) is 0 Å². The zero-order chi connectivity index (χ0) is 19.9. The maximum absolute atomic E-state index is 13.2. The van der Waals surface area contributed by atoms with Gasteiger partial charge in [-0.05, 0) is 42.7 Å². The minimum Gasteiger partial charge on any atom is -0.351 e. The molecule has 0 aliphatic carbocycles. The second-order valence-corrected chi connectivity index (χ2v) is 7.47. The van der Waals surface area contributed by atoms with Crippen LogP contribution < -0.4 is 5.32 Å². The van der Waals surface area contributed by atoms with Crippen molar-refractivity contribution in [3.8, 4) is 0 Å². The fraction of sp³-hybridized carbons (Fsp3) is 0.292. The van der Waals surface area contributed by atoms with Gasteiger partial charge in [-0.15, -0.1) is 0 Å². The fourth-order valence-electron chi connectivity index (χ4n) is 3.88. The van der Waals surface area contributed by atoms with Crippen LogP contribution >= 0.6 is 0 Å². The molecule has 148 valence electrons. The summed E-state index contributed by atoms with van der Waals surface area (Å²) < 4.78 is 0. The highest BCUT2D eigenvalue weighted by atomic mass is 16.2. The summed E-state index contributed by atoms with van der Waals surface area (Å²) in [6.07, 6.45) is 5.45. The second-order valence-electron chi connectivity index (χ2n) is 7.47. The van der Waals surface area contributed by atoms with Gasteiger partial charge in [-0.3, -0.25) is 14.8 Å². The lowest BCUT2D eigenvalue weighted by Crippen LogP contribution is -2.40. The minimum atomic E-state index is -0.490. The van der Waals surface area contributed by atoms with Gasteiger partial charge in [-0.25, -0.2) is 0 Å². The number of hydrogen-bond acceptors (Lipinski definition) is 4. The van der Waals surface area contributed by atoms with E-state index in [1.54, 1.807) is 12.4 Å². The fourth-order valence-corrected chi connectivity index (χ4v) is 3.88. The number of likely N-dealkylation sites (tertiary alicyclic amines) is 1. The van der Waals surface area contributed by atoms with Crippen molar-refractivity contribution in [3.05, 3.63) is 96.1 Å². The first kappa shape index (κ1) is 19.3. The number of hydrogen-bond donors (Lipinski definition) is 1. The van der Waals surface area contributed by atoms with Gasteiger partial charge in [-0.2, -0.15) is 0 Å². The molecule has 1 atom stereocenters. The highest BCUT2D eigenvalue weighted by Gasteiger charge is 2.30. The van der Waals surface area contributed by atoms with Crippen molar-refractivity contribution in [2.24, 2.45) is 0 Å². The van der Waals surface area contributed by atoms with Crippen LogP contribution in [0.4, 0.5) is 0 Å². The SMILES string of the molecule is O=C(NC1CCN(CCc2ccccc2)C1)C(c1ccccn1)c1ccccn1. The molecule has 4 rings (SSSR count). The molecule has 5 nitrogen and oxygen atoms in total. The molecule has 3 aromatic rings. The Kier molecular flexibility index (Phi) is 6.27. The van der Waals surface area contributed by atoms with Crippen LogP contribution in [-0.2, 0) is 11.2 Å². The van der Waals surface area contributed by atoms with Crippen molar-refractivity contribution in [3.63, 3.8) is 0 Å². The largest absolute Gasteiger partial charge is 0.351 e. The molecule has 3 heterocycles. The molecule has 1 aliphatic rings. The summed E-state index contributed by atoms with van der Waals surface area (Å²) in [4.78, 5) is 24.4. The van der Waals surface area contributed by atoms with E-state index in [9.17, 15) is 4.79 Å². The number of aromatic nitrogens is 2. The van der Waals surface area contributed by atoms with Gasteiger partial charge in [-0.1, -0.05) is 42.5 Å². The van der Waals surface area contributed by atoms with Crippen LogP contribution in [0.5, 0.6) is 0 Å². The minimum absolute atomic E-state index is 0.0303. The van der Waals surface area contributed by atoms with E-state index in [2.05, 4.69) is 44.5 Å². The molecule has 2 aromatic heterocycles. The molecule has 1 fully saturated rings.